The Kier molecular flexibility index (Phi) is 4.40. The summed E-state index contributed by atoms with van der Waals surface area (Å²) in [6, 6.07) is 0. The summed E-state index contributed by atoms with van der Waals surface area (Å²) in [6.45, 7) is 5.15. The first-order valence-corrected chi connectivity index (χ1v) is 6.73. The molecule has 2 aliphatic heterocycles. The first-order valence-electron chi connectivity index (χ1n) is 6.73. The van der Waals surface area contributed by atoms with Crippen molar-refractivity contribution >= 4 is 5.97 Å². The Hall–Kier alpha value is -0.610. The molecule has 0 amide bonds. The van der Waals surface area contributed by atoms with E-state index in [9.17, 15) is 4.79 Å². The molecule has 2 fully saturated rings. The number of aliphatic carboxylic acids is 1. The molecule has 2 heterocycles. The van der Waals surface area contributed by atoms with E-state index in [4.69, 9.17) is 9.84 Å². The average Bonchev–Trinajstić information content (AvgIpc) is 2.63. The molecule has 0 radical (unpaired) electrons. The predicted octanol–water partition coefficient (Wildman–Crippen LogP) is 1.74. The van der Waals surface area contributed by atoms with Crippen LogP contribution in [-0.2, 0) is 9.53 Å². The standard InChI is InChI=1S/C13H23NO3/c1-10-4-5-12(17-10)9-14-6-2-3-11(8-14)7-13(15)16/h10-12H,2-9H2,1H3,(H,15,16). The minimum atomic E-state index is -0.664. The second-order valence-corrected chi connectivity index (χ2v) is 5.51. The first-order chi connectivity index (χ1) is 8.13. The number of rotatable bonds is 4. The van der Waals surface area contributed by atoms with Crippen LogP contribution in [0.25, 0.3) is 0 Å². The summed E-state index contributed by atoms with van der Waals surface area (Å²) in [5.41, 5.74) is 0. The lowest BCUT2D eigenvalue weighted by Crippen LogP contribution is -2.40. The van der Waals surface area contributed by atoms with Crippen LogP contribution in [0.1, 0.15) is 39.0 Å². The average molecular weight is 241 g/mol. The highest BCUT2D eigenvalue weighted by Crippen LogP contribution is 2.24. The van der Waals surface area contributed by atoms with Gasteiger partial charge in [-0.15, -0.1) is 0 Å². The molecule has 0 aromatic carbocycles. The summed E-state index contributed by atoms with van der Waals surface area (Å²) >= 11 is 0. The maximum atomic E-state index is 10.7. The lowest BCUT2D eigenvalue weighted by atomic mass is 9.94. The van der Waals surface area contributed by atoms with E-state index in [1.165, 1.54) is 0 Å². The Morgan fingerprint density at radius 3 is 2.88 bits per heavy atom. The van der Waals surface area contributed by atoms with Crippen molar-refractivity contribution in [1.82, 2.24) is 4.90 Å². The zero-order chi connectivity index (χ0) is 12.3. The number of carboxylic acid groups (broad SMARTS) is 1. The largest absolute Gasteiger partial charge is 0.481 e. The second kappa shape index (κ2) is 5.83. The van der Waals surface area contributed by atoms with Gasteiger partial charge in [0.25, 0.3) is 0 Å². The minimum absolute atomic E-state index is 0.318. The topological polar surface area (TPSA) is 49.8 Å². The van der Waals surface area contributed by atoms with Gasteiger partial charge >= 0.3 is 5.97 Å². The zero-order valence-electron chi connectivity index (χ0n) is 10.6. The maximum absolute atomic E-state index is 10.7. The molecule has 4 heteroatoms. The van der Waals surface area contributed by atoms with Crippen LogP contribution in [0.5, 0.6) is 0 Å². The molecular formula is C13H23NO3. The highest BCUT2D eigenvalue weighted by Gasteiger charge is 2.27. The minimum Gasteiger partial charge on any atom is -0.481 e. The fourth-order valence-electron chi connectivity index (χ4n) is 3.04. The third kappa shape index (κ3) is 3.96. The van der Waals surface area contributed by atoms with Crippen molar-refractivity contribution in [3.05, 3.63) is 0 Å². The smallest absolute Gasteiger partial charge is 0.303 e. The number of likely N-dealkylation sites (tertiary alicyclic amines) is 1. The number of ether oxygens (including phenoxy) is 1. The third-order valence-electron chi connectivity index (χ3n) is 3.85. The van der Waals surface area contributed by atoms with Gasteiger partial charge in [-0.2, -0.15) is 0 Å². The van der Waals surface area contributed by atoms with Gasteiger partial charge in [-0.1, -0.05) is 0 Å². The highest BCUT2D eigenvalue weighted by atomic mass is 16.5. The zero-order valence-corrected chi connectivity index (χ0v) is 10.6. The Morgan fingerprint density at radius 1 is 1.41 bits per heavy atom. The summed E-state index contributed by atoms with van der Waals surface area (Å²) in [4.78, 5) is 13.1. The molecule has 0 saturated carbocycles. The van der Waals surface area contributed by atoms with Gasteiger partial charge in [0.15, 0.2) is 0 Å². The van der Waals surface area contributed by atoms with Gasteiger partial charge in [-0.05, 0) is 45.1 Å². The van der Waals surface area contributed by atoms with Crippen molar-refractivity contribution in [1.29, 1.82) is 0 Å². The van der Waals surface area contributed by atoms with Crippen LogP contribution >= 0.6 is 0 Å². The third-order valence-corrected chi connectivity index (χ3v) is 3.85. The van der Waals surface area contributed by atoms with Gasteiger partial charge in [-0.3, -0.25) is 4.79 Å². The number of piperidine rings is 1. The lowest BCUT2D eigenvalue weighted by molar-refractivity contribution is -0.138. The van der Waals surface area contributed by atoms with E-state index in [1.807, 2.05) is 0 Å². The van der Waals surface area contributed by atoms with Crippen LogP contribution < -0.4 is 0 Å². The molecule has 2 aliphatic rings. The molecule has 3 unspecified atom stereocenters. The molecule has 17 heavy (non-hydrogen) atoms. The molecule has 98 valence electrons. The molecular weight excluding hydrogens is 218 g/mol. The van der Waals surface area contributed by atoms with E-state index in [-0.39, 0.29) is 0 Å². The molecule has 4 nitrogen and oxygen atoms in total. The van der Waals surface area contributed by atoms with Gasteiger partial charge in [-0.25, -0.2) is 0 Å². The number of carboxylic acids is 1. The molecule has 0 aliphatic carbocycles. The quantitative estimate of drug-likeness (QED) is 0.814. The van der Waals surface area contributed by atoms with E-state index in [1.54, 1.807) is 0 Å². The normalized spacial score (nSPS) is 35.0. The predicted molar refractivity (Wildman–Crippen MR) is 65.0 cm³/mol. The van der Waals surface area contributed by atoms with Gasteiger partial charge in [0.1, 0.15) is 0 Å². The molecule has 1 N–H and O–H groups in total. The van der Waals surface area contributed by atoms with Crippen molar-refractivity contribution in [2.45, 2.75) is 51.2 Å². The highest BCUT2D eigenvalue weighted by molar-refractivity contribution is 5.67. The van der Waals surface area contributed by atoms with Crippen LogP contribution in [0.15, 0.2) is 0 Å². The molecule has 2 saturated heterocycles. The van der Waals surface area contributed by atoms with Crippen LogP contribution in [0.3, 0.4) is 0 Å². The van der Waals surface area contributed by atoms with Crippen LogP contribution in [0.2, 0.25) is 0 Å². The summed E-state index contributed by atoms with van der Waals surface area (Å²) in [6.07, 6.45) is 5.59. The number of hydrogen-bond acceptors (Lipinski definition) is 3. The van der Waals surface area contributed by atoms with Gasteiger partial charge < -0.3 is 14.7 Å². The Morgan fingerprint density at radius 2 is 2.24 bits per heavy atom. The molecule has 0 aromatic rings. The number of hydrogen-bond donors (Lipinski definition) is 1. The van der Waals surface area contributed by atoms with Crippen LogP contribution in [0.4, 0.5) is 0 Å². The van der Waals surface area contributed by atoms with Crippen molar-refractivity contribution < 1.29 is 14.6 Å². The monoisotopic (exact) mass is 241 g/mol. The fraction of sp³-hybridized carbons (Fsp3) is 0.923. The summed E-state index contributed by atoms with van der Waals surface area (Å²) in [7, 11) is 0. The van der Waals surface area contributed by atoms with Gasteiger partial charge in [0, 0.05) is 19.5 Å². The second-order valence-electron chi connectivity index (χ2n) is 5.51. The number of nitrogens with zero attached hydrogens (tertiary/aromatic N) is 1. The summed E-state index contributed by atoms with van der Waals surface area (Å²) in [5, 5.41) is 8.83. The van der Waals surface area contributed by atoms with Crippen molar-refractivity contribution in [2.75, 3.05) is 19.6 Å². The Bertz CT molecular complexity index is 269. The fourth-order valence-corrected chi connectivity index (χ4v) is 3.04. The van der Waals surface area contributed by atoms with Crippen LogP contribution in [-0.4, -0.2) is 47.8 Å². The van der Waals surface area contributed by atoms with Crippen molar-refractivity contribution in [3.8, 4) is 0 Å². The van der Waals surface area contributed by atoms with Gasteiger partial charge in [0.05, 0.1) is 12.2 Å². The molecule has 2 rings (SSSR count). The first kappa shape index (κ1) is 12.8. The van der Waals surface area contributed by atoms with E-state index < -0.39 is 5.97 Å². The Labute approximate surface area is 103 Å². The van der Waals surface area contributed by atoms with E-state index in [2.05, 4.69) is 11.8 Å². The SMILES string of the molecule is CC1CCC(CN2CCCC(CC(=O)O)C2)O1. The summed E-state index contributed by atoms with van der Waals surface area (Å²) in [5.74, 6) is -0.331. The summed E-state index contributed by atoms with van der Waals surface area (Å²) < 4.78 is 5.82. The molecule has 0 bridgehead atoms. The van der Waals surface area contributed by atoms with Crippen LogP contribution in [0, 0.1) is 5.92 Å². The Balaban J connectivity index is 1.75. The lowest BCUT2D eigenvalue weighted by Gasteiger charge is -2.33. The molecule has 0 aromatic heterocycles. The van der Waals surface area contributed by atoms with Crippen molar-refractivity contribution in [2.24, 2.45) is 5.92 Å². The van der Waals surface area contributed by atoms with E-state index in [0.29, 0.717) is 24.5 Å². The number of carbonyl (C=O) groups is 1. The molecule has 0 spiro atoms. The van der Waals surface area contributed by atoms with Crippen molar-refractivity contribution in [3.63, 3.8) is 0 Å². The van der Waals surface area contributed by atoms with Gasteiger partial charge in [0.2, 0.25) is 0 Å². The maximum Gasteiger partial charge on any atom is 0.303 e. The van der Waals surface area contributed by atoms with E-state index in [0.717, 1.165) is 45.3 Å². The molecule has 3 atom stereocenters. The van der Waals surface area contributed by atoms with E-state index >= 15 is 0 Å².